The maximum atomic E-state index is 5.82. The number of hydrogen-bond acceptors (Lipinski definition) is 5. The van der Waals surface area contributed by atoms with E-state index in [0.717, 1.165) is 40.6 Å². The first-order valence-electron chi connectivity index (χ1n) is 8.32. The van der Waals surface area contributed by atoms with E-state index in [1.165, 1.54) is 16.3 Å². The summed E-state index contributed by atoms with van der Waals surface area (Å²) in [7, 11) is 0. The van der Waals surface area contributed by atoms with Crippen LogP contribution in [0.25, 0.3) is 16.2 Å². The molecule has 1 aliphatic heterocycles. The van der Waals surface area contributed by atoms with Crippen LogP contribution < -0.4 is 15.2 Å². The van der Waals surface area contributed by atoms with Gasteiger partial charge in [0.2, 0.25) is 0 Å². The predicted octanol–water partition coefficient (Wildman–Crippen LogP) is 3.21. The van der Waals surface area contributed by atoms with Gasteiger partial charge in [-0.25, -0.2) is 4.98 Å². The molecule has 0 saturated heterocycles. The molecule has 6 heteroatoms. The summed E-state index contributed by atoms with van der Waals surface area (Å²) in [6, 6.07) is 6.19. The van der Waals surface area contributed by atoms with Crippen molar-refractivity contribution in [2.24, 2.45) is 5.73 Å². The van der Waals surface area contributed by atoms with Gasteiger partial charge in [-0.1, -0.05) is 6.92 Å². The monoisotopic (exact) mass is 343 g/mol. The second-order valence-corrected chi connectivity index (χ2v) is 6.95. The van der Waals surface area contributed by atoms with Gasteiger partial charge in [-0.05, 0) is 38.1 Å². The van der Waals surface area contributed by atoms with Crippen molar-refractivity contribution in [3.63, 3.8) is 0 Å². The highest BCUT2D eigenvalue weighted by Gasteiger charge is 2.21. The van der Waals surface area contributed by atoms with E-state index in [-0.39, 0.29) is 0 Å². The molecule has 0 saturated carbocycles. The van der Waals surface area contributed by atoms with Crippen molar-refractivity contribution < 1.29 is 9.47 Å². The topological polar surface area (TPSA) is 61.8 Å². The van der Waals surface area contributed by atoms with E-state index < -0.39 is 0 Å². The summed E-state index contributed by atoms with van der Waals surface area (Å²) in [5.41, 5.74) is 10.4. The van der Waals surface area contributed by atoms with Gasteiger partial charge < -0.3 is 15.2 Å². The number of rotatable bonds is 4. The van der Waals surface area contributed by atoms with E-state index in [4.69, 9.17) is 20.2 Å². The lowest BCUT2D eigenvalue weighted by molar-refractivity contribution is 0.171. The molecule has 3 aromatic rings. The van der Waals surface area contributed by atoms with E-state index in [1.54, 1.807) is 11.3 Å². The van der Waals surface area contributed by atoms with Gasteiger partial charge in [-0.2, -0.15) is 0 Å². The summed E-state index contributed by atoms with van der Waals surface area (Å²) in [5, 5.41) is 0. The largest absolute Gasteiger partial charge is 0.486 e. The van der Waals surface area contributed by atoms with Crippen molar-refractivity contribution in [3.8, 4) is 22.8 Å². The fourth-order valence-electron chi connectivity index (χ4n) is 3.27. The summed E-state index contributed by atoms with van der Waals surface area (Å²) < 4.78 is 13.7. The molecule has 3 heterocycles. The number of aromatic nitrogens is 2. The van der Waals surface area contributed by atoms with Gasteiger partial charge >= 0.3 is 0 Å². The highest BCUT2D eigenvalue weighted by Crippen LogP contribution is 2.39. The molecular formula is C18H21N3O2S. The first kappa shape index (κ1) is 15.5. The normalized spacial score (nSPS) is 13.6. The first-order chi connectivity index (χ1) is 11.7. The lowest BCUT2D eigenvalue weighted by atomic mass is 10.1. The van der Waals surface area contributed by atoms with E-state index in [2.05, 4.69) is 30.4 Å². The minimum absolute atomic E-state index is 0.596. The second kappa shape index (κ2) is 6.11. The van der Waals surface area contributed by atoms with E-state index in [9.17, 15) is 0 Å². The Kier molecular flexibility index (Phi) is 3.94. The predicted molar refractivity (Wildman–Crippen MR) is 96.4 cm³/mol. The average molecular weight is 343 g/mol. The number of thiazole rings is 1. The quantitative estimate of drug-likeness (QED) is 0.790. The van der Waals surface area contributed by atoms with E-state index in [0.29, 0.717) is 19.8 Å². The van der Waals surface area contributed by atoms with Crippen molar-refractivity contribution in [2.75, 3.05) is 19.8 Å². The highest BCUT2D eigenvalue weighted by molar-refractivity contribution is 7.17. The number of benzene rings is 1. The van der Waals surface area contributed by atoms with Crippen molar-refractivity contribution in [1.29, 1.82) is 0 Å². The third kappa shape index (κ3) is 2.37. The molecule has 24 heavy (non-hydrogen) atoms. The van der Waals surface area contributed by atoms with Gasteiger partial charge in [-0.15, -0.1) is 11.3 Å². The van der Waals surface area contributed by atoms with Gasteiger partial charge in [0, 0.05) is 22.6 Å². The molecule has 0 amide bonds. The SMILES string of the molecule is CCc1sc2nc(C)c(CCN)n2c1-c1ccc2c(c1)OCCO2. The molecule has 4 rings (SSSR count). The van der Waals surface area contributed by atoms with Crippen LogP contribution in [0.3, 0.4) is 0 Å². The lowest BCUT2D eigenvalue weighted by Crippen LogP contribution is -2.15. The number of fused-ring (bicyclic) bond motifs is 2. The smallest absolute Gasteiger partial charge is 0.194 e. The molecule has 2 N–H and O–H groups in total. The number of ether oxygens (including phenoxy) is 2. The Morgan fingerprint density at radius 1 is 1.25 bits per heavy atom. The van der Waals surface area contributed by atoms with Crippen LogP contribution in [0.4, 0.5) is 0 Å². The summed E-state index contributed by atoms with van der Waals surface area (Å²) in [6.45, 7) is 6.06. The summed E-state index contributed by atoms with van der Waals surface area (Å²) in [6.07, 6.45) is 1.79. The van der Waals surface area contributed by atoms with Gasteiger partial charge in [0.25, 0.3) is 0 Å². The number of hydrogen-bond donors (Lipinski definition) is 1. The Hall–Kier alpha value is -2.05. The van der Waals surface area contributed by atoms with Crippen LogP contribution in [0.1, 0.15) is 23.2 Å². The van der Waals surface area contributed by atoms with Crippen LogP contribution in [0.2, 0.25) is 0 Å². The number of nitrogens with zero attached hydrogens (tertiary/aromatic N) is 2. The zero-order valence-corrected chi connectivity index (χ0v) is 14.8. The fraction of sp³-hybridized carbons (Fsp3) is 0.389. The van der Waals surface area contributed by atoms with Crippen LogP contribution in [-0.2, 0) is 12.8 Å². The van der Waals surface area contributed by atoms with E-state index >= 15 is 0 Å². The molecule has 0 unspecified atom stereocenters. The van der Waals surface area contributed by atoms with Gasteiger partial charge in [-0.3, -0.25) is 4.40 Å². The highest BCUT2D eigenvalue weighted by atomic mass is 32.1. The minimum Gasteiger partial charge on any atom is -0.486 e. The van der Waals surface area contributed by atoms with E-state index in [1.807, 2.05) is 6.07 Å². The van der Waals surface area contributed by atoms with Crippen molar-refractivity contribution in [3.05, 3.63) is 34.5 Å². The number of imidazole rings is 1. The maximum Gasteiger partial charge on any atom is 0.194 e. The second-order valence-electron chi connectivity index (χ2n) is 5.89. The minimum atomic E-state index is 0.596. The zero-order valence-electron chi connectivity index (χ0n) is 14.0. The summed E-state index contributed by atoms with van der Waals surface area (Å²) in [4.78, 5) is 7.11. The Morgan fingerprint density at radius 3 is 2.79 bits per heavy atom. The zero-order chi connectivity index (χ0) is 16.7. The van der Waals surface area contributed by atoms with Crippen LogP contribution in [-0.4, -0.2) is 29.1 Å². The first-order valence-corrected chi connectivity index (χ1v) is 9.14. The standard InChI is InChI=1S/C18H21N3O2S/c1-3-16-17(12-4-5-14-15(10-12)23-9-8-22-14)21-13(6-7-19)11(2)20-18(21)24-16/h4-5,10H,3,6-9,19H2,1-2H3. The molecule has 0 radical (unpaired) electrons. The fourth-order valence-corrected chi connectivity index (χ4v) is 4.41. The molecule has 0 spiro atoms. The third-order valence-electron chi connectivity index (χ3n) is 4.36. The Balaban J connectivity index is 1.94. The van der Waals surface area contributed by atoms with Crippen LogP contribution in [0.5, 0.6) is 11.5 Å². The van der Waals surface area contributed by atoms with Crippen molar-refractivity contribution in [1.82, 2.24) is 9.38 Å². The van der Waals surface area contributed by atoms with Crippen LogP contribution in [0.15, 0.2) is 18.2 Å². The van der Waals surface area contributed by atoms with Gasteiger partial charge in [0.05, 0.1) is 11.4 Å². The molecule has 0 bridgehead atoms. The van der Waals surface area contributed by atoms with Crippen LogP contribution >= 0.6 is 11.3 Å². The Bertz CT molecular complexity index is 897. The average Bonchev–Trinajstić information content (AvgIpc) is 3.10. The molecule has 0 aliphatic carbocycles. The molecule has 2 aromatic heterocycles. The number of aryl methyl sites for hydroxylation is 2. The molecule has 1 aromatic carbocycles. The molecule has 0 atom stereocenters. The summed E-state index contributed by atoms with van der Waals surface area (Å²) >= 11 is 1.76. The molecule has 0 fully saturated rings. The summed E-state index contributed by atoms with van der Waals surface area (Å²) in [5.74, 6) is 1.64. The Labute approximate surface area is 145 Å². The third-order valence-corrected chi connectivity index (χ3v) is 5.55. The van der Waals surface area contributed by atoms with Crippen LogP contribution in [0, 0.1) is 6.92 Å². The molecule has 5 nitrogen and oxygen atoms in total. The number of nitrogens with two attached hydrogens (primary N) is 1. The molecular weight excluding hydrogens is 322 g/mol. The lowest BCUT2D eigenvalue weighted by Gasteiger charge is -2.19. The molecule has 1 aliphatic rings. The van der Waals surface area contributed by atoms with Crippen molar-refractivity contribution >= 4 is 16.3 Å². The van der Waals surface area contributed by atoms with Gasteiger partial charge in [0.1, 0.15) is 13.2 Å². The maximum absolute atomic E-state index is 5.82. The van der Waals surface area contributed by atoms with Gasteiger partial charge in [0.15, 0.2) is 16.5 Å². The molecule has 126 valence electrons. The van der Waals surface area contributed by atoms with Crippen molar-refractivity contribution in [2.45, 2.75) is 26.7 Å². The Morgan fingerprint density at radius 2 is 2.04 bits per heavy atom.